The fraction of sp³-hybridized carbons (Fsp3) is 0.926. The van der Waals surface area contributed by atoms with Crippen molar-refractivity contribution in [3.63, 3.8) is 0 Å². The third-order valence-corrected chi connectivity index (χ3v) is 11.7. The average Bonchev–Trinajstić information content (AvgIpc) is 3.25. The number of ether oxygens (including phenoxy) is 2. The zero-order valence-corrected chi connectivity index (χ0v) is 42.5. The first-order valence-electron chi connectivity index (χ1n) is 26.4. The molecule has 0 aliphatic rings. The summed E-state index contributed by atoms with van der Waals surface area (Å²) >= 11 is 1.60. The third-order valence-electron chi connectivity index (χ3n) is 10.4. The van der Waals surface area contributed by atoms with Gasteiger partial charge in [0.05, 0.1) is 13.2 Å². The summed E-state index contributed by atoms with van der Waals surface area (Å²) in [5.74, 6) is 2.61. The van der Waals surface area contributed by atoms with Crippen molar-refractivity contribution < 1.29 is 14.6 Å². The van der Waals surface area contributed by atoms with Crippen LogP contribution in [0.2, 0.25) is 0 Å². The smallest absolute Gasteiger partial charge is 0.131 e. The molecule has 0 aromatic carbocycles. The standard InChI is InChI=1S/C28H56OS.C19H38.C5H12O2.C2H6/c1-4-7-9-11-12-13-14-15-16-17-18-19-20-21-22-23-25-29-28(6-3)27-30-26-24-10-8-5-2;1-3-5-7-9-11-13-15-17-19-18-16-14-12-10-8-6-4-2;1-2-4-7-5-3-6;1-2/h15-16,28H,4-14,17-27H2,1-3H3;17,19H,3-16,18H2,1-2H3;6H,2-5H2,1H3;1-2H3/p+1/b16-15-;19-17-;;. The molecule has 0 saturated heterocycles. The van der Waals surface area contributed by atoms with E-state index in [-0.39, 0.29) is 6.61 Å². The van der Waals surface area contributed by atoms with E-state index >= 15 is 0 Å². The van der Waals surface area contributed by atoms with Gasteiger partial charge in [0, 0.05) is 13.2 Å². The predicted molar refractivity (Wildman–Crippen MR) is 271 cm³/mol. The largest absolute Gasteiger partial charge is 0.394 e. The Morgan fingerprint density at radius 3 is 1.09 bits per heavy atom. The topological polar surface area (TPSA) is 38.7 Å². The maximum absolute atomic E-state index is 8.17. The van der Waals surface area contributed by atoms with Crippen molar-refractivity contribution in [3.05, 3.63) is 24.3 Å². The Labute approximate surface area is 373 Å². The molecule has 3 nitrogen and oxygen atoms in total. The van der Waals surface area contributed by atoms with E-state index in [1.807, 2.05) is 20.8 Å². The van der Waals surface area contributed by atoms with E-state index in [1.54, 1.807) is 11.8 Å². The van der Waals surface area contributed by atoms with Gasteiger partial charge in [-0.3, -0.25) is 0 Å². The quantitative estimate of drug-likeness (QED) is 0.0287. The molecule has 4 heteroatoms. The van der Waals surface area contributed by atoms with E-state index < -0.39 is 0 Å². The fourth-order valence-electron chi connectivity index (χ4n) is 6.59. The van der Waals surface area contributed by atoms with Gasteiger partial charge < -0.3 is 14.6 Å². The van der Waals surface area contributed by atoms with Gasteiger partial charge in [0.2, 0.25) is 0 Å². The van der Waals surface area contributed by atoms with Gasteiger partial charge >= 0.3 is 0 Å². The summed E-state index contributed by atoms with van der Waals surface area (Å²) < 4.78 is 11.0. The van der Waals surface area contributed by atoms with Gasteiger partial charge in [0.1, 0.15) is 17.6 Å². The summed E-state index contributed by atoms with van der Waals surface area (Å²) in [6.45, 7) is 19.8. The summed E-state index contributed by atoms with van der Waals surface area (Å²) in [6, 6.07) is 0. The number of hydrogen-bond acceptors (Lipinski definition) is 3. The van der Waals surface area contributed by atoms with Crippen molar-refractivity contribution in [3.8, 4) is 0 Å². The molecule has 0 spiro atoms. The van der Waals surface area contributed by atoms with Gasteiger partial charge in [-0.2, -0.15) is 0 Å². The number of thiol groups is 1. The van der Waals surface area contributed by atoms with Crippen LogP contribution in [-0.4, -0.2) is 49.1 Å². The zero-order valence-electron chi connectivity index (χ0n) is 41.6. The highest BCUT2D eigenvalue weighted by Gasteiger charge is 2.11. The lowest BCUT2D eigenvalue weighted by Crippen LogP contribution is -2.19. The molecule has 352 valence electrons. The maximum Gasteiger partial charge on any atom is 0.131 e. The lowest BCUT2D eigenvalue weighted by atomic mass is 10.1. The average molecular weight is 843 g/mol. The number of hydrogen-bond donors (Lipinski definition) is 1. The Bertz CT molecular complexity index is 677. The fourth-order valence-corrected chi connectivity index (χ4v) is 7.87. The Balaban J connectivity index is -0.000000441. The monoisotopic (exact) mass is 842 g/mol. The van der Waals surface area contributed by atoms with Gasteiger partial charge in [0.25, 0.3) is 0 Å². The molecule has 1 unspecified atom stereocenters. The predicted octanol–water partition coefficient (Wildman–Crippen LogP) is 18.1. The van der Waals surface area contributed by atoms with Crippen molar-refractivity contribution in [2.75, 3.05) is 37.9 Å². The van der Waals surface area contributed by atoms with E-state index in [2.05, 4.69) is 58.9 Å². The molecule has 0 aromatic rings. The van der Waals surface area contributed by atoms with Crippen LogP contribution in [0.1, 0.15) is 280 Å². The number of allylic oxidation sites excluding steroid dienone is 4. The van der Waals surface area contributed by atoms with Crippen LogP contribution in [-0.2, 0) is 21.2 Å². The number of rotatable bonds is 44. The molecular formula is C54H113O3S+. The molecule has 58 heavy (non-hydrogen) atoms. The Kier molecular flexibility index (Phi) is 75.9. The molecule has 0 aromatic heterocycles. The van der Waals surface area contributed by atoms with Crippen LogP contribution in [0.15, 0.2) is 24.3 Å². The zero-order chi connectivity index (χ0) is 43.5. The van der Waals surface area contributed by atoms with Gasteiger partial charge in [-0.05, 0) is 95.2 Å². The first-order chi connectivity index (χ1) is 28.7. The van der Waals surface area contributed by atoms with Crippen LogP contribution in [0.25, 0.3) is 0 Å². The summed E-state index contributed by atoms with van der Waals surface area (Å²) in [4.78, 5) is 0. The minimum Gasteiger partial charge on any atom is -0.394 e. The van der Waals surface area contributed by atoms with E-state index in [1.165, 1.54) is 230 Å². The van der Waals surface area contributed by atoms with Gasteiger partial charge in [-0.15, -0.1) is 0 Å². The summed E-state index contributed by atoms with van der Waals surface area (Å²) in [6.07, 6.45) is 58.2. The first kappa shape index (κ1) is 64.3. The normalized spacial score (nSPS) is 11.6. The van der Waals surface area contributed by atoms with Crippen LogP contribution in [0.3, 0.4) is 0 Å². The third kappa shape index (κ3) is 70.3. The molecule has 0 heterocycles. The molecule has 1 atom stereocenters. The molecule has 1 N–H and O–H groups in total. The lowest BCUT2D eigenvalue weighted by Gasteiger charge is -2.12. The van der Waals surface area contributed by atoms with Crippen molar-refractivity contribution in [2.24, 2.45) is 0 Å². The van der Waals surface area contributed by atoms with E-state index in [9.17, 15) is 0 Å². The Morgan fingerprint density at radius 2 is 0.741 bits per heavy atom. The van der Waals surface area contributed by atoms with Crippen molar-refractivity contribution >= 4 is 11.8 Å². The molecule has 0 rings (SSSR count). The van der Waals surface area contributed by atoms with Crippen LogP contribution in [0, 0.1) is 0 Å². The molecular weight excluding hydrogens is 729 g/mol. The van der Waals surface area contributed by atoms with E-state index in [0.717, 1.165) is 19.6 Å². The van der Waals surface area contributed by atoms with Crippen LogP contribution in [0.5, 0.6) is 0 Å². The summed E-state index contributed by atoms with van der Waals surface area (Å²) in [7, 11) is 0. The van der Waals surface area contributed by atoms with Crippen LogP contribution < -0.4 is 0 Å². The van der Waals surface area contributed by atoms with Crippen LogP contribution in [0.4, 0.5) is 0 Å². The van der Waals surface area contributed by atoms with Gasteiger partial charge in [-0.25, -0.2) is 0 Å². The summed E-state index contributed by atoms with van der Waals surface area (Å²) in [5, 5.41) is 8.17. The highest BCUT2D eigenvalue weighted by atomic mass is 32.2. The lowest BCUT2D eigenvalue weighted by molar-refractivity contribution is 0.0638. The minimum atomic E-state index is 0.139. The highest BCUT2D eigenvalue weighted by molar-refractivity contribution is 7.78. The second-order valence-corrected chi connectivity index (χ2v) is 17.6. The first-order valence-corrected chi connectivity index (χ1v) is 27.7. The Morgan fingerprint density at radius 1 is 0.397 bits per heavy atom. The highest BCUT2D eigenvalue weighted by Crippen LogP contribution is 2.12. The number of aliphatic hydroxyl groups excluding tert-OH is 1. The SMILES string of the molecule is CC.CCCCCCCC/C=C\CCCCCCCCC.CCCCCCCC/C=C\CCCCCCCCOC(CC)C[SH+]CCCCCC.CCCOCCO. The molecule has 0 fully saturated rings. The second-order valence-electron chi connectivity index (χ2n) is 16.3. The van der Waals surface area contributed by atoms with Crippen molar-refractivity contribution in [1.82, 2.24) is 0 Å². The minimum absolute atomic E-state index is 0.139. The molecule has 0 aliphatic carbocycles. The molecule has 0 aliphatic heterocycles. The van der Waals surface area contributed by atoms with Crippen molar-refractivity contribution in [1.29, 1.82) is 0 Å². The molecule has 0 amide bonds. The Hall–Kier alpha value is -0.290. The maximum atomic E-state index is 8.17. The molecule has 0 bridgehead atoms. The summed E-state index contributed by atoms with van der Waals surface area (Å²) in [5.41, 5.74) is 0. The number of aliphatic hydroxyl groups is 1. The van der Waals surface area contributed by atoms with E-state index in [4.69, 9.17) is 14.6 Å². The number of unbranched alkanes of at least 4 members (excludes halogenated alkanes) is 28. The van der Waals surface area contributed by atoms with Gasteiger partial charge in [-0.1, -0.05) is 221 Å². The molecule has 0 radical (unpaired) electrons. The van der Waals surface area contributed by atoms with Gasteiger partial charge in [0.15, 0.2) is 0 Å². The van der Waals surface area contributed by atoms with Crippen molar-refractivity contribution in [2.45, 2.75) is 286 Å². The molecule has 0 saturated carbocycles. The van der Waals surface area contributed by atoms with E-state index in [0.29, 0.717) is 12.7 Å². The van der Waals surface area contributed by atoms with Crippen LogP contribution >= 0.6 is 0 Å². The second kappa shape index (κ2) is 68.4.